The molecule has 2 aromatic carbocycles. The Morgan fingerprint density at radius 3 is 2.00 bits per heavy atom. The number of alkyl halides is 3. The molecular weight excluding hydrogens is 435 g/mol. The SMILES string of the molecule is COC1(c2ccc(C(F)(F)F)cc2)CC2CN(C(=O)c3ccc(C4(O)COC4)cc3)CC2C1. The number of carbonyl (C=O) groups is 1. The Morgan fingerprint density at radius 2 is 1.55 bits per heavy atom. The Labute approximate surface area is 190 Å². The predicted octanol–water partition coefficient (Wildman–Crippen LogP) is 3.95. The number of rotatable bonds is 4. The number of halogens is 3. The third-order valence-electron chi connectivity index (χ3n) is 7.53. The van der Waals surface area contributed by atoms with Gasteiger partial charge in [-0.05, 0) is 60.1 Å². The van der Waals surface area contributed by atoms with Crippen LogP contribution in [0.2, 0.25) is 0 Å². The Morgan fingerprint density at radius 1 is 1.00 bits per heavy atom. The molecule has 0 bridgehead atoms. The number of nitrogens with zero attached hydrogens (tertiary/aromatic N) is 1. The fourth-order valence-corrected chi connectivity index (χ4v) is 5.55. The van der Waals surface area contributed by atoms with E-state index in [-0.39, 0.29) is 31.0 Å². The summed E-state index contributed by atoms with van der Waals surface area (Å²) in [5, 5.41) is 10.4. The fraction of sp³-hybridized carbons (Fsp3) is 0.480. The number of carbonyl (C=O) groups excluding carboxylic acids is 1. The summed E-state index contributed by atoms with van der Waals surface area (Å²) in [6.07, 6.45) is -3.04. The molecule has 176 valence electrons. The van der Waals surface area contributed by atoms with Gasteiger partial charge in [0.15, 0.2) is 0 Å². The number of aliphatic hydroxyl groups is 1. The van der Waals surface area contributed by atoms with Gasteiger partial charge in [0.05, 0.1) is 24.4 Å². The van der Waals surface area contributed by atoms with Crippen LogP contribution >= 0.6 is 0 Å². The monoisotopic (exact) mass is 461 g/mol. The van der Waals surface area contributed by atoms with Crippen LogP contribution in [-0.2, 0) is 26.9 Å². The molecule has 2 heterocycles. The smallest absolute Gasteiger partial charge is 0.380 e. The molecule has 5 nitrogen and oxygen atoms in total. The van der Waals surface area contributed by atoms with Crippen molar-refractivity contribution in [2.45, 2.75) is 30.2 Å². The summed E-state index contributed by atoms with van der Waals surface area (Å²) in [6, 6.07) is 12.3. The van der Waals surface area contributed by atoms with Crippen LogP contribution in [0.15, 0.2) is 48.5 Å². The average Bonchev–Trinajstić information content (AvgIpc) is 3.33. The second-order valence-corrected chi connectivity index (χ2v) is 9.51. The van der Waals surface area contributed by atoms with E-state index in [2.05, 4.69) is 0 Å². The first-order chi connectivity index (χ1) is 15.6. The van der Waals surface area contributed by atoms with E-state index in [1.807, 2.05) is 4.90 Å². The van der Waals surface area contributed by atoms with Gasteiger partial charge >= 0.3 is 6.18 Å². The van der Waals surface area contributed by atoms with E-state index in [0.29, 0.717) is 31.5 Å². The highest BCUT2D eigenvalue weighted by atomic mass is 19.4. The highest BCUT2D eigenvalue weighted by molar-refractivity contribution is 5.94. The van der Waals surface area contributed by atoms with E-state index < -0.39 is 22.9 Å². The van der Waals surface area contributed by atoms with Crippen molar-refractivity contribution in [1.82, 2.24) is 4.90 Å². The minimum Gasteiger partial charge on any atom is -0.380 e. The number of fused-ring (bicyclic) bond motifs is 1. The number of hydrogen-bond acceptors (Lipinski definition) is 4. The van der Waals surface area contributed by atoms with Gasteiger partial charge in [0.2, 0.25) is 0 Å². The maximum absolute atomic E-state index is 13.1. The molecule has 2 aromatic rings. The number of methoxy groups -OCH3 is 1. The first-order valence-corrected chi connectivity index (χ1v) is 11.1. The third-order valence-corrected chi connectivity index (χ3v) is 7.53. The van der Waals surface area contributed by atoms with Gasteiger partial charge in [0, 0.05) is 25.8 Å². The highest BCUT2D eigenvalue weighted by Crippen LogP contribution is 2.51. The van der Waals surface area contributed by atoms with Crippen LogP contribution in [0, 0.1) is 11.8 Å². The third kappa shape index (κ3) is 3.84. The van der Waals surface area contributed by atoms with E-state index in [4.69, 9.17) is 9.47 Å². The molecule has 3 aliphatic rings. The van der Waals surface area contributed by atoms with Crippen molar-refractivity contribution in [1.29, 1.82) is 0 Å². The van der Waals surface area contributed by atoms with Gasteiger partial charge in [-0.25, -0.2) is 0 Å². The second-order valence-electron chi connectivity index (χ2n) is 9.51. The molecule has 3 fully saturated rings. The molecule has 2 unspecified atom stereocenters. The van der Waals surface area contributed by atoms with E-state index in [0.717, 1.165) is 23.3 Å². The maximum Gasteiger partial charge on any atom is 0.416 e. The molecule has 1 amide bonds. The zero-order valence-electron chi connectivity index (χ0n) is 18.3. The number of hydrogen-bond donors (Lipinski definition) is 1. The van der Waals surface area contributed by atoms with Crippen LogP contribution in [0.4, 0.5) is 13.2 Å². The highest BCUT2D eigenvalue weighted by Gasteiger charge is 2.51. The van der Waals surface area contributed by atoms with Crippen LogP contribution in [0.25, 0.3) is 0 Å². The van der Waals surface area contributed by atoms with Gasteiger partial charge in [0.25, 0.3) is 5.91 Å². The Balaban J connectivity index is 1.26. The molecule has 0 spiro atoms. The standard InChI is InChI=1S/C25H26F3NO4/c1-32-24(20-6-8-21(9-7-20)25(26,27)28)10-17-12-29(13-18(17)11-24)22(30)16-2-4-19(5-3-16)23(31)14-33-15-23/h2-9,17-18,31H,10-15H2,1H3. The van der Waals surface area contributed by atoms with Crippen molar-refractivity contribution in [3.8, 4) is 0 Å². The van der Waals surface area contributed by atoms with Crippen LogP contribution in [-0.4, -0.2) is 49.3 Å². The van der Waals surface area contributed by atoms with Gasteiger partial charge in [-0.3, -0.25) is 4.79 Å². The van der Waals surface area contributed by atoms with E-state index in [9.17, 15) is 23.1 Å². The summed E-state index contributed by atoms with van der Waals surface area (Å²) in [7, 11) is 1.60. The second kappa shape index (κ2) is 7.82. The van der Waals surface area contributed by atoms with Crippen molar-refractivity contribution in [3.63, 3.8) is 0 Å². The van der Waals surface area contributed by atoms with Crippen molar-refractivity contribution >= 4 is 5.91 Å². The Kier molecular flexibility index (Phi) is 5.30. The molecule has 8 heteroatoms. The van der Waals surface area contributed by atoms with E-state index >= 15 is 0 Å². The minimum absolute atomic E-state index is 0.0506. The van der Waals surface area contributed by atoms with Crippen LogP contribution in [0.5, 0.6) is 0 Å². The van der Waals surface area contributed by atoms with Gasteiger partial charge in [-0.1, -0.05) is 24.3 Å². The van der Waals surface area contributed by atoms with Crippen molar-refractivity contribution in [2.24, 2.45) is 11.8 Å². The molecular formula is C25H26F3NO4. The summed E-state index contributed by atoms with van der Waals surface area (Å²) in [5.74, 6) is 0.400. The molecule has 1 saturated carbocycles. The quantitative estimate of drug-likeness (QED) is 0.749. The molecule has 2 aliphatic heterocycles. The number of likely N-dealkylation sites (tertiary alicyclic amines) is 1. The summed E-state index contributed by atoms with van der Waals surface area (Å²) in [5.41, 5.74) is -0.201. The van der Waals surface area contributed by atoms with Crippen molar-refractivity contribution < 1.29 is 32.5 Å². The zero-order chi connectivity index (χ0) is 23.4. The molecule has 2 saturated heterocycles. The lowest BCUT2D eigenvalue weighted by molar-refractivity contribution is -0.184. The lowest BCUT2D eigenvalue weighted by Gasteiger charge is -2.36. The predicted molar refractivity (Wildman–Crippen MR) is 113 cm³/mol. The number of ether oxygens (including phenoxy) is 2. The van der Waals surface area contributed by atoms with Gasteiger partial charge < -0.3 is 19.5 Å². The Hall–Kier alpha value is -2.42. The van der Waals surface area contributed by atoms with Crippen LogP contribution in [0.1, 0.15) is 39.9 Å². The summed E-state index contributed by atoms with van der Waals surface area (Å²) >= 11 is 0. The molecule has 33 heavy (non-hydrogen) atoms. The van der Waals surface area contributed by atoms with Gasteiger partial charge in [0.1, 0.15) is 5.60 Å². The molecule has 0 radical (unpaired) electrons. The summed E-state index contributed by atoms with van der Waals surface area (Å²) < 4.78 is 49.8. The lowest BCUT2D eigenvalue weighted by Crippen LogP contribution is -2.46. The first kappa shape index (κ1) is 22.4. The zero-order valence-corrected chi connectivity index (χ0v) is 18.3. The summed E-state index contributed by atoms with van der Waals surface area (Å²) in [6.45, 7) is 1.70. The first-order valence-electron chi connectivity index (χ1n) is 11.1. The van der Waals surface area contributed by atoms with Crippen molar-refractivity contribution in [3.05, 3.63) is 70.8 Å². The maximum atomic E-state index is 13.1. The molecule has 1 aliphatic carbocycles. The normalized spacial score (nSPS) is 28.5. The van der Waals surface area contributed by atoms with E-state index in [1.54, 1.807) is 31.4 Å². The average molecular weight is 461 g/mol. The van der Waals surface area contributed by atoms with Crippen LogP contribution in [0.3, 0.4) is 0 Å². The number of amides is 1. The summed E-state index contributed by atoms with van der Waals surface area (Å²) in [4.78, 5) is 14.9. The fourth-order valence-electron chi connectivity index (χ4n) is 5.55. The van der Waals surface area contributed by atoms with E-state index in [1.165, 1.54) is 12.1 Å². The molecule has 2 atom stereocenters. The van der Waals surface area contributed by atoms with Gasteiger partial charge in [-0.2, -0.15) is 13.2 Å². The van der Waals surface area contributed by atoms with Crippen LogP contribution < -0.4 is 0 Å². The topological polar surface area (TPSA) is 59.0 Å². The Bertz CT molecular complexity index is 1020. The lowest BCUT2D eigenvalue weighted by atomic mass is 9.89. The molecule has 5 rings (SSSR count). The molecule has 1 N–H and O–H groups in total. The minimum atomic E-state index is -4.37. The largest absolute Gasteiger partial charge is 0.416 e. The molecule has 0 aromatic heterocycles. The van der Waals surface area contributed by atoms with Crippen molar-refractivity contribution in [2.75, 3.05) is 33.4 Å². The van der Waals surface area contributed by atoms with Gasteiger partial charge in [-0.15, -0.1) is 0 Å². The number of benzene rings is 2.